The van der Waals surface area contributed by atoms with Crippen LogP contribution in [0.15, 0.2) is 24.3 Å². The number of benzene rings is 1. The molecule has 2 rings (SSSR count). The summed E-state index contributed by atoms with van der Waals surface area (Å²) >= 11 is 11.8. The van der Waals surface area contributed by atoms with Crippen molar-refractivity contribution >= 4 is 29.1 Å². The molecule has 0 saturated carbocycles. The Balaban J connectivity index is 2.06. The Bertz CT molecular complexity index is 381. The van der Waals surface area contributed by atoms with Gasteiger partial charge in [-0.05, 0) is 17.7 Å². The molecule has 1 aromatic carbocycles. The monoisotopic (exact) mass is 243 g/mol. The lowest BCUT2D eigenvalue weighted by molar-refractivity contribution is -0.128. The van der Waals surface area contributed by atoms with Crippen molar-refractivity contribution in [3.63, 3.8) is 0 Å². The highest BCUT2D eigenvalue weighted by Crippen LogP contribution is 2.20. The number of rotatable bonds is 2. The van der Waals surface area contributed by atoms with Crippen LogP contribution < -0.4 is 0 Å². The van der Waals surface area contributed by atoms with Gasteiger partial charge in [-0.1, -0.05) is 23.7 Å². The van der Waals surface area contributed by atoms with E-state index >= 15 is 0 Å². The van der Waals surface area contributed by atoms with Gasteiger partial charge in [-0.3, -0.25) is 4.79 Å². The lowest BCUT2D eigenvalue weighted by Crippen LogP contribution is -2.24. The molecule has 1 amide bonds. The minimum absolute atomic E-state index is 0.0447. The van der Waals surface area contributed by atoms with E-state index in [1.807, 2.05) is 24.3 Å². The Labute approximate surface area is 98.8 Å². The summed E-state index contributed by atoms with van der Waals surface area (Å²) < 4.78 is 0. The summed E-state index contributed by atoms with van der Waals surface area (Å²) in [6.07, 6.45) is 0.447. The van der Waals surface area contributed by atoms with Gasteiger partial charge in [0.2, 0.25) is 5.91 Å². The molecule has 0 aliphatic carbocycles. The fourth-order valence-electron chi connectivity index (χ4n) is 1.73. The largest absolute Gasteiger partial charge is 0.337 e. The highest BCUT2D eigenvalue weighted by molar-refractivity contribution is 6.30. The van der Waals surface area contributed by atoms with Crippen LogP contribution in [0.1, 0.15) is 12.0 Å². The first kappa shape index (κ1) is 10.8. The maximum atomic E-state index is 11.5. The minimum atomic E-state index is -0.0447. The van der Waals surface area contributed by atoms with Crippen molar-refractivity contribution < 1.29 is 4.79 Å². The molecular weight excluding hydrogens is 233 g/mol. The van der Waals surface area contributed by atoms with Crippen molar-refractivity contribution in [3.05, 3.63) is 34.9 Å². The molecule has 1 heterocycles. The summed E-state index contributed by atoms with van der Waals surface area (Å²) in [5, 5.41) is 0.651. The summed E-state index contributed by atoms with van der Waals surface area (Å²) in [5.74, 6) is 0.120. The van der Waals surface area contributed by atoms with E-state index in [0.717, 1.165) is 5.56 Å². The van der Waals surface area contributed by atoms with Crippen molar-refractivity contribution in [2.45, 2.75) is 18.3 Å². The highest BCUT2D eigenvalue weighted by Gasteiger charge is 2.27. The van der Waals surface area contributed by atoms with E-state index in [4.69, 9.17) is 23.2 Å². The van der Waals surface area contributed by atoms with Crippen molar-refractivity contribution in [3.8, 4) is 0 Å². The van der Waals surface area contributed by atoms with Crippen LogP contribution in [0.5, 0.6) is 0 Å². The first-order valence-corrected chi connectivity index (χ1v) is 5.63. The van der Waals surface area contributed by atoms with Crippen molar-refractivity contribution in [2.24, 2.45) is 0 Å². The third kappa shape index (κ3) is 2.64. The molecule has 1 saturated heterocycles. The van der Waals surface area contributed by atoms with Gasteiger partial charge in [0.25, 0.3) is 0 Å². The van der Waals surface area contributed by atoms with E-state index in [9.17, 15) is 4.79 Å². The number of alkyl halides is 1. The van der Waals surface area contributed by atoms with E-state index in [0.29, 0.717) is 24.5 Å². The fraction of sp³-hybridized carbons (Fsp3) is 0.364. The molecule has 1 fully saturated rings. The number of amides is 1. The number of hydrogen-bond donors (Lipinski definition) is 0. The molecule has 0 spiro atoms. The predicted molar refractivity (Wildman–Crippen MR) is 61.1 cm³/mol. The smallest absolute Gasteiger partial charge is 0.224 e. The summed E-state index contributed by atoms with van der Waals surface area (Å²) in [6.45, 7) is 1.23. The van der Waals surface area contributed by atoms with Gasteiger partial charge in [-0.2, -0.15) is 0 Å². The number of halogens is 2. The molecule has 2 nitrogen and oxygen atoms in total. The standard InChI is InChI=1S/C11H11Cl2NO/c12-9-3-1-2-8(4-9)6-14-7-10(13)5-11(14)15/h1-4,10H,5-7H2. The van der Waals surface area contributed by atoms with Crippen molar-refractivity contribution in [2.75, 3.05) is 6.54 Å². The Morgan fingerprint density at radius 3 is 2.87 bits per heavy atom. The molecule has 4 heteroatoms. The van der Waals surface area contributed by atoms with E-state index < -0.39 is 0 Å². The third-order valence-electron chi connectivity index (χ3n) is 2.43. The minimum Gasteiger partial charge on any atom is -0.337 e. The molecule has 0 radical (unpaired) electrons. The third-order valence-corrected chi connectivity index (χ3v) is 2.96. The molecule has 15 heavy (non-hydrogen) atoms. The van der Waals surface area contributed by atoms with Gasteiger partial charge in [-0.15, -0.1) is 11.6 Å². The van der Waals surface area contributed by atoms with Gasteiger partial charge < -0.3 is 4.90 Å². The number of likely N-dealkylation sites (tertiary alicyclic amines) is 1. The maximum Gasteiger partial charge on any atom is 0.224 e. The van der Waals surface area contributed by atoms with Gasteiger partial charge in [0.15, 0.2) is 0 Å². The Kier molecular flexibility index (Phi) is 3.17. The van der Waals surface area contributed by atoms with Crippen LogP contribution in [0.4, 0.5) is 0 Å². The zero-order chi connectivity index (χ0) is 10.8. The summed E-state index contributed by atoms with van der Waals surface area (Å²) in [7, 11) is 0. The number of carbonyl (C=O) groups is 1. The van der Waals surface area contributed by atoms with Gasteiger partial charge in [0.05, 0.1) is 5.38 Å². The van der Waals surface area contributed by atoms with E-state index in [1.165, 1.54) is 0 Å². The molecule has 1 unspecified atom stereocenters. The van der Waals surface area contributed by atoms with Crippen molar-refractivity contribution in [1.29, 1.82) is 0 Å². The normalized spacial score (nSPS) is 21.1. The van der Waals surface area contributed by atoms with E-state index in [1.54, 1.807) is 4.90 Å². The summed E-state index contributed by atoms with van der Waals surface area (Å²) in [4.78, 5) is 13.2. The highest BCUT2D eigenvalue weighted by atomic mass is 35.5. The average molecular weight is 244 g/mol. The molecule has 0 N–H and O–H groups in total. The zero-order valence-electron chi connectivity index (χ0n) is 8.12. The molecular formula is C11H11Cl2NO. The number of nitrogens with zero attached hydrogens (tertiary/aromatic N) is 1. The fourth-order valence-corrected chi connectivity index (χ4v) is 2.24. The van der Waals surface area contributed by atoms with E-state index in [2.05, 4.69) is 0 Å². The number of hydrogen-bond acceptors (Lipinski definition) is 1. The van der Waals surface area contributed by atoms with E-state index in [-0.39, 0.29) is 11.3 Å². The van der Waals surface area contributed by atoms with Crippen LogP contribution in [0.3, 0.4) is 0 Å². The maximum absolute atomic E-state index is 11.5. The van der Waals surface area contributed by atoms with Gasteiger partial charge in [0, 0.05) is 24.5 Å². The molecule has 1 atom stereocenters. The molecule has 0 bridgehead atoms. The zero-order valence-corrected chi connectivity index (χ0v) is 9.63. The lowest BCUT2D eigenvalue weighted by Gasteiger charge is -2.15. The van der Waals surface area contributed by atoms with Gasteiger partial charge in [-0.25, -0.2) is 0 Å². The Hall–Kier alpha value is -0.730. The summed E-state index contributed by atoms with van der Waals surface area (Å²) in [6, 6.07) is 7.54. The molecule has 1 aliphatic heterocycles. The summed E-state index contributed by atoms with van der Waals surface area (Å²) in [5.41, 5.74) is 1.04. The first-order chi connectivity index (χ1) is 7.15. The lowest BCUT2D eigenvalue weighted by atomic mass is 10.2. The van der Waals surface area contributed by atoms with Crippen LogP contribution in [0.2, 0.25) is 5.02 Å². The predicted octanol–water partition coefficient (Wildman–Crippen LogP) is 2.68. The molecule has 80 valence electrons. The molecule has 0 aromatic heterocycles. The van der Waals surface area contributed by atoms with Crippen LogP contribution in [-0.4, -0.2) is 22.7 Å². The Morgan fingerprint density at radius 1 is 1.47 bits per heavy atom. The van der Waals surface area contributed by atoms with Gasteiger partial charge >= 0.3 is 0 Å². The molecule has 1 aromatic rings. The van der Waals surface area contributed by atoms with Crippen LogP contribution >= 0.6 is 23.2 Å². The van der Waals surface area contributed by atoms with Crippen LogP contribution in [-0.2, 0) is 11.3 Å². The second kappa shape index (κ2) is 4.42. The van der Waals surface area contributed by atoms with Crippen molar-refractivity contribution in [1.82, 2.24) is 4.90 Å². The average Bonchev–Trinajstić information content (AvgIpc) is 2.45. The molecule has 1 aliphatic rings. The Morgan fingerprint density at radius 2 is 2.27 bits per heavy atom. The SMILES string of the molecule is O=C1CC(Cl)CN1Cc1cccc(Cl)c1. The number of carbonyl (C=O) groups excluding carboxylic acids is 1. The van der Waals surface area contributed by atoms with Crippen LogP contribution in [0, 0.1) is 0 Å². The van der Waals surface area contributed by atoms with Gasteiger partial charge in [0.1, 0.15) is 0 Å². The van der Waals surface area contributed by atoms with Crippen LogP contribution in [0.25, 0.3) is 0 Å². The second-order valence-electron chi connectivity index (χ2n) is 3.71. The topological polar surface area (TPSA) is 20.3 Å². The first-order valence-electron chi connectivity index (χ1n) is 4.81. The quantitative estimate of drug-likeness (QED) is 0.732. The second-order valence-corrected chi connectivity index (χ2v) is 4.76.